The van der Waals surface area contributed by atoms with Crippen LogP contribution >= 0.6 is 0 Å². The largest absolute Gasteiger partial charge is 0.493 e. The number of sulfonamides is 1. The van der Waals surface area contributed by atoms with Crippen molar-refractivity contribution in [1.29, 1.82) is 0 Å². The Kier molecular flexibility index (Phi) is 7.21. The summed E-state index contributed by atoms with van der Waals surface area (Å²) in [4.78, 5) is 12.6. The van der Waals surface area contributed by atoms with Crippen molar-refractivity contribution in [2.45, 2.75) is 31.1 Å². The van der Waals surface area contributed by atoms with Gasteiger partial charge in [-0.2, -0.15) is 13.5 Å². The number of nitro groups is 1. The third-order valence-electron chi connectivity index (χ3n) is 4.88. The summed E-state index contributed by atoms with van der Waals surface area (Å²) < 4.78 is 36.1. The standard InChI is InChI=1S/C24H25N3O6S/c1-24(2,3)18-6-12-21(13-7-18)34(30,31)26-25-16-17-5-14-22(23(15-17)32-4)33-20-10-8-19(9-11-20)27(28)29/h5-16,26H,1-4H3/b25-16+. The molecular weight excluding hydrogens is 458 g/mol. The molecule has 9 nitrogen and oxygen atoms in total. The summed E-state index contributed by atoms with van der Waals surface area (Å²) in [6.45, 7) is 6.15. The van der Waals surface area contributed by atoms with Crippen LogP contribution in [0.25, 0.3) is 0 Å². The maximum absolute atomic E-state index is 12.5. The van der Waals surface area contributed by atoms with Crippen LogP contribution < -0.4 is 14.3 Å². The second-order valence-electron chi connectivity index (χ2n) is 8.39. The Morgan fingerprint density at radius 2 is 1.62 bits per heavy atom. The number of nitro benzene ring substituents is 1. The maximum Gasteiger partial charge on any atom is 0.276 e. The second kappa shape index (κ2) is 9.92. The number of hydrogen-bond donors (Lipinski definition) is 1. The lowest BCUT2D eigenvalue weighted by Crippen LogP contribution is -2.19. The number of hydrazone groups is 1. The maximum atomic E-state index is 12.5. The van der Waals surface area contributed by atoms with Gasteiger partial charge in [0.05, 0.1) is 23.1 Å². The smallest absolute Gasteiger partial charge is 0.276 e. The summed E-state index contributed by atoms with van der Waals surface area (Å²) in [5.74, 6) is 1.16. The van der Waals surface area contributed by atoms with Gasteiger partial charge in [0.2, 0.25) is 0 Å². The van der Waals surface area contributed by atoms with Gasteiger partial charge in [0.25, 0.3) is 15.7 Å². The molecule has 0 amide bonds. The molecule has 34 heavy (non-hydrogen) atoms. The van der Waals surface area contributed by atoms with Gasteiger partial charge in [0, 0.05) is 12.1 Å². The molecule has 0 radical (unpaired) electrons. The van der Waals surface area contributed by atoms with Crippen molar-refractivity contribution in [1.82, 2.24) is 4.83 Å². The number of non-ortho nitro benzene ring substituents is 1. The molecule has 0 aliphatic heterocycles. The Bertz CT molecular complexity index is 1300. The lowest BCUT2D eigenvalue weighted by Gasteiger charge is -2.19. The predicted octanol–water partition coefficient (Wildman–Crippen LogP) is 5.01. The van der Waals surface area contributed by atoms with Crippen molar-refractivity contribution in [3.05, 3.63) is 88.0 Å². The van der Waals surface area contributed by atoms with Crippen molar-refractivity contribution >= 4 is 21.9 Å². The minimum absolute atomic E-state index is 0.0431. The van der Waals surface area contributed by atoms with E-state index in [-0.39, 0.29) is 16.0 Å². The van der Waals surface area contributed by atoms with Gasteiger partial charge in [-0.15, -0.1) is 0 Å². The lowest BCUT2D eigenvalue weighted by atomic mass is 9.87. The monoisotopic (exact) mass is 483 g/mol. The van der Waals surface area contributed by atoms with Crippen molar-refractivity contribution in [2.24, 2.45) is 5.10 Å². The van der Waals surface area contributed by atoms with Crippen LogP contribution in [-0.4, -0.2) is 26.7 Å². The first-order valence-corrected chi connectivity index (χ1v) is 11.7. The summed E-state index contributed by atoms with van der Waals surface area (Å²) >= 11 is 0. The molecular formula is C24H25N3O6S. The van der Waals surface area contributed by atoms with E-state index in [4.69, 9.17) is 9.47 Å². The number of hydrogen-bond acceptors (Lipinski definition) is 7. The first-order chi connectivity index (χ1) is 16.0. The van der Waals surface area contributed by atoms with Gasteiger partial charge in [-0.05, 0) is 59.0 Å². The second-order valence-corrected chi connectivity index (χ2v) is 10.1. The summed E-state index contributed by atoms with van der Waals surface area (Å²) in [6, 6.07) is 17.2. The van der Waals surface area contributed by atoms with Crippen molar-refractivity contribution in [3.63, 3.8) is 0 Å². The van der Waals surface area contributed by atoms with Gasteiger partial charge < -0.3 is 9.47 Å². The highest BCUT2D eigenvalue weighted by Gasteiger charge is 2.17. The number of ether oxygens (including phenoxy) is 2. The van der Waals surface area contributed by atoms with Gasteiger partial charge in [0.1, 0.15) is 5.75 Å². The first-order valence-electron chi connectivity index (χ1n) is 10.3. The van der Waals surface area contributed by atoms with E-state index >= 15 is 0 Å². The highest BCUT2D eigenvalue weighted by atomic mass is 32.2. The van der Waals surface area contributed by atoms with Gasteiger partial charge >= 0.3 is 0 Å². The van der Waals surface area contributed by atoms with Crippen LogP contribution in [0.15, 0.2) is 76.7 Å². The molecule has 1 N–H and O–H groups in total. The fourth-order valence-electron chi connectivity index (χ4n) is 2.97. The highest BCUT2D eigenvalue weighted by molar-refractivity contribution is 7.89. The van der Waals surface area contributed by atoms with E-state index in [1.54, 1.807) is 42.5 Å². The molecule has 0 spiro atoms. The van der Waals surface area contributed by atoms with Crippen LogP contribution in [-0.2, 0) is 15.4 Å². The minimum Gasteiger partial charge on any atom is -0.493 e. The predicted molar refractivity (Wildman–Crippen MR) is 129 cm³/mol. The quantitative estimate of drug-likeness (QED) is 0.273. The van der Waals surface area contributed by atoms with E-state index in [2.05, 4.69) is 30.7 Å². The van der Waals surface area contributed by atoms with Gasteiger partial charge in [-0.3, -0.25) is 10.1 Å². The minimum atomic E-state index is -3.82. The zero-order valence-electron chi connectivity index (χ0n) is 19.2. The van der Waals surface area contributed by atoms with E-state index in [1.165, 1.54) is 37.6 Å². The molecule has 0 bridgehead atoms. The molecule has 3 aromatic carbocycles. The molecule has 0 unspecified atom stereocenters. The molecule has 0 aliphatic carbocycles. The molecule has 10 heteroatoms. The number of rotatable bonds is 8. The van der Waals surface area contributed by atoms with E-state index in [1.807, 2.05) is 0 Å². The van der Waals surface area contributed by atoms with Gasteiger partial charge in [-0.1, -0.05) is 32.9 Å². The van der Waals surface area contributed by atoms with E-state index in [0.29, 0.717) is 22.8 Å². The summed E-state index contributed by atoms with van der Waals surface area (Å²) in [6.07, 6.45) is 1.35. The highest BCUT2D eigenvalue weighted by Crippen LogP contribution is 2.32. The number of methoxy groups -OCH3 is 1. The third kappa shape index (κ3) is 6.10. The summed E-state index contributed by atoms with van der Waals surface area (Å²) in [5, 5.41) is 14.6. The average molecular weight is 484 g/mol. The molecule has 178 valence electrons. The fraction of sp³-hybridized carbons (Fsp3) is 0.208. The molecule has 0 saturated heterocycles. The SMILES string of the molecule is COc1cc(/C=N/NS(=O)(=O)c2ccc(C(C)(C)C)cc2)ccc1Oc1ccc([N+](=O)[O-])cc1. The van der Waals surface area contributed by atoms with Gasteiger partial charge in [0.15, 0.2) is 11.5 Å². The van der Waals surface area contributed by atoms with Crippen LogP contribution in [0.3, 0.4) is 0 Å². The zero-order chi connectivity index (χ0) is 24.9. The number of nitrogens with zero attached hydrogens (tertiary/aromatic N) is 2. The molecule has 0 heterocycles. The Hall–Kier alpha value is -3.92. The average Bonchev–Trinajstić information content (AvgIpc) is 2.79. The fourth-order valence-corrected chi connectivity index (χ4v) is 3.76. The summed E-state index contributed by atoms with van der Waals surface area (Å²) in [7, 11) is -2.36. The van der Waals surface area contributed by atoms with E-state index in [9.17, 15) is 18.5 Å². The van der Waals surface area contributed by atoms with Crippen LogP contribution in [0.4, 0.5) is 5.69 Å². The van der Waals surface area contributed by atoms with Crippen molar-refractivity contribution in [2.75, 3.05) is 7.11 Å². The molecule has 0 fully saturated rings. The number of benzene rings is 3. The molecule has 0 atom stereocenters. The molecule has 3 aromatic rings. The number of nitrogens with one attached hydrogen (secondary N) is 1. The van der Waals surface area contributed by atoms with Crippen LogP contribution in [0.1, 0.15) is 31.9 Å². The Morgan fingerprint density at radius 1 is 0.971 bits per heavy atom. The zero-order valence-corrected chi connectivity index (χ0v) is 20.0. The van der Waals surface area contributed by atoms with Crippen molar-refractivity contribution in [3.8, 4) is 17.2 Å². The van der Waals surface area contributed by atoms with Gasteiger partial charge in [-0.25, -0.2) is 4.83 Å². The van der Waals surface area contributed by atoms with Crippen LogP contribution in [0.5, 0.6) is 17.2 Å². The molecule has 3 rings (SSSR count). The third-order valence-corrected chi connectivity index (χ3v) is 6.12. The summed E-state index contributed by atoms with van der Waals surface area (Å²) in [5.41, 5.74) is 1.47. The lowest BCUT2D eigenvalue weighted by molar-refractivity contribution is -0.384. The van der Waals surface area contributed by atoms with E-state index < -0.39 is 14.9 Å². The van der Waals surface area contributed by atoms with Crippen LogP contribution in [0.2, 0.25) is 0 Å². The molecule has 0 aliphatic rings. The molecule has 0 saturated carbocycles. The first kappa shape index (κ1) is 24.7. The van der Waals surface area contributed by atoms with Crippen LogP contribution in [0, 0.1) is 10.1 Å². The van der Waals surface area contributed by atoms with E-state index in [0.717, 1.165) is 5.56 Å². The van der Waals surface area contributed by atoms with Crippen molar-refractivity contribution < 1.29 is 22.8 Å². The normalized spacial score (nSPS) is 11.9. The topological polar surface area (TPSA) is 120 Å². The Balaban J connectivity index is 1.70. The Morgan fingerprint density at radius 3 is 2.18 bits per heavy atom. The Labute approximate surface area is 198 Å². The molecule has 0 aromatic heterocycles.